The van der Waals surface area contributed by atoms with Gasteiger partial charge < -0.3 is 4.90 Å². The summed E-state index contributed by atoms with van der Waals surface area (Å²) in [6, 6.07) is 15.3. The summed E-state index contributed by atoms with van der Waals surface area (Å²) < 4.78 is 1.85. The van der Waals surface area contributed by atoms with E-state index in [1.165, 1.54) is 0 Å². The SMILES string of the molecule is C=CCN(Cc1ccc(C#N)cc1)C(=O)c1cc(-c2cccs2)nc2c1cnn2C(C)C. The van der Waals surface area contributed by atoms with Gasteiger partial charge in [-0.25, -0.2) is 9.67 Å². The third kappa shape index (κ3) is 4.18. The van der Waals surface area contributed by atoms with E-state index < -0.39 is 0 Å². The van der Waals surface area contributed by atoms with E-state index in [4.69, 9.17) is 10.2 Å². The Hall–Kier alpha value is -3.76. The van der Waals surface area contributed by atoms with Gasteiger partial charge in [-0.15, -0.1) is 17.9 Å². The maximum atomic E-state index is 13.7. The van der Waals surface area contributed by atoms with Crippen molar-refractivity contribution in [3.63, 3.8) is 0 Å². The van der Waals surface area contributed by atoms with Crippen molar-refractivity contribution in [3.05, 3.63) is 83.4 Å². The van der Waals surface area contributed by atoms with Crippen LogP contribution in [-0.2, 0) is 6.54 Å². The lowest BCUT2D eigenvalue weighted by Gasteiger charge is -2.22. The monoisotopic (exact) mass is 441 g/mol. The minimum atomic E-state index is -0.109. The highest BCUT2D eigenvalue weighted by Gasteiger charge is 2.22. The molecule has 0 saturated heterocycles. The molecule has 0 saturated carbocycles. The molecular weight excluding hydrogens is 418 g/mol. The molecule has 0 unspecified atom stereocenters. The fourth-order valence-corrected chi connectivity index (χ4v) is 4.26. The Morgan fingerprint density at radius 2 is 2.09 bits per heavy atom. The molecule has 0 aliphatic carbocycles. The summed E-state index contributed by atoms with van der Waals surface area (Å²) in [7, 11) is 0. The second-order valence-corrected chi connectivity index (χ2v) is 8.68. The van der Waals surface area contributed by atoms with Gasteiger partial charge in [0.05, 0.1) is 39.4 Å². The Labute approximate surface area is 191 Å². The van der Waals surface area contributed by atoms with Crippen LogP contribution in [0.25, 0.3) is 21.6 Å². The van der Waals surface area contributed by atoms with Crippen molar-refractivity contribution < 1.29 is 4.79 Å². The molecule has 0 N–H and O–H groups in total. The number of pyridine rings is 1. The van der Waals surface area contributed by atoms with Crippen molar-refractivity contribution in [1.82, 2.24) is 19.7 Å². The van der Waals surface area contributed by atoms with E-state index in [9.17, 15) is 4.79 Å². The summed E-state index contributed by atoms with van der Waals surface area (Å²) in [6.45, 7) is 8.73. The minimum absolute atomic E-state index is 0.109. The Balaban J connectivity index is 1.79. The number of hydrogen-bond donors (Lipinski definition) is 0. The predicted molar refractivity (Wildman–Crippen MR) is 127 cm³/mol. The molecule has 0 spiro atoms. The smallest absolute Gasteiger partial charge is 0.255 e. The van der Waals surface area contributed by atoms with Crippen LogP contribution in [0.15, 0.2) is 66.7 Å². The first kappa shape index (κ1) is 21.5. The van der Waals surface area contributed by atoms with Crippen LogP contribution in [0.1, 0.15) is 41.4 Å². The number of carbonyl (C=O) groups is 1. The van der Waals surface area contributed by atoms with Crippen molar-refractivity contribution >= 4 is 28.3 Å². The van der Waals surface area contributed by atoms with Crippen LogP contribution < -0.4 is 0 Å². The highest BCUT2D eigenvalue weighted by molar-refractivity contribution is 7.13. The van der Waals surface area contributed by atoms with Crippen LogP contribution in [0.2, 0.25) is 0 Å². The average Bonchev–Trinajstić information content (AvgIpc) is 3.48. The van der Waals surface area contributed by atoms with Gasteiger partial charge in [-0.05, 0) is 49.1 Å². The number of nitriles is 1. The van der Waals surface area contributed by atoms with Crippen molar-refractivity contribution in [2.75, 3.05) is 6.54 Å². The van der Waals surface area contributed by atoms with E-state index in [-0.39, 0.29) is 11.9 Å². The summed E-state index contributed by atoms with van der Waals surface area (Å²) in [5, 5.41) is 16.3. The largest absolute Gasteiger partial charge is 0.331 e. The topological polar surface area (TPSA) is 74.8 Å². The molecule has 3 aromatic heterocycles. The molecule has 0 atom stereocenters. The number of hydrogen-bond acceptors (Lipinski definition) is 5. The maximum Gasteiger partial charge on any atom is 0.255 e. The summed E-state index contributed by atoms with van der Waals surface area (Å²) in [5.41, 5.74) is 3.57. The second-order valence-electron chi connectivity index (χ2n) is 7.74. The Morgan fingerprint density at radius 1 is 1.31 bits per heavy atom. The lowest BCUT2D eigenvalue weighted by Crippen LogP contribution is -2.31. The van der Waals surface area contributed by atoms with Gasteiger partial charge in [-0.2, -0.15) is 10.4 Å². The van der Waals surface area contributed by atoms with E-state index in [1.54, 1.807) is 40.6 Å². The van der Waals surface area contributed by atoms with Crippen molar-refractivity contribution in [2.24, 2.45) is 0 Å². The van der Waals surface area contributed by atoms with Gasteiger partial charge in [-0.1, -0.05) is 24.3 Å². The molecule has 0 fully saturated rings. The summed E-state index contributed by atoms with van der Waals surface area (Å²) in [6.07, 6.45) is 3.44. The van der Waals surface area contributed by atoms with Gasteiger partial charge >= 0.3 is 0 Å². The number of nitrogens with zero attached hydrogens (tertiary/aromatic N) is 5. The zero-order valence-corrected chi connectivity index (χ0v) is 18.8. The van der Waals surface area contributed by atoms with Crippen LogP contribution >= 0.6 is 11.3 Å². The molecule has 0 aliphatic heterocycles. The fraction of sp³-hybridized carbons (Fsp3) is 0.200. The summed E-state index contributed by atoms with van der Waals surface area (Å²) in [4.78, 5) is 21.3. The van der Waals surface area contributed by atoms with E-state index >= 15 is 0 Å². The number of benzene rings is 1. The first-order valence-corrected chi connectivity index (χ1v) is 11.2. The molecule has 4 rings (SSSR count). The van der Waals surface area contributed by atoms with Crippen molar-refractivity contribution in [3.8, 4) is 16.6 Å². The van der Waals surface area contributed by atoms with Gasteiger partial charge in [0.1, 0.15) is 0 Å². The first-order chi connectivity index (χ1) is 15.5. The zero-order valence-electron chi connectivity index (χ0n) is 18.0. The first-order valence-electron chi connectivity index (χ1n) is 10.3. The number of aromatic nitrogens is 3. The van der Waals surface area contributed by atoms with Crippen LogP contribution in [0.4, 0.5) is 0 Å². The molecule has 0 radical (unpaired) electrons. The van der Waals surface area contributed by atoms with E-state index in [0.29, 0.717) is 29.9 Å². The molecule has 0 aliphatic rings. The van der Waals surface area contributed by atoms with Crippen LogP contribution in [0.3, 0.4) is 0 Å². The summed E-state index contributed by atoms with van der Waals surface area (Å²) >= 11 is 1.59. The predicted octanol–water partition coefficient (Wildman–Crippen LogP) is 5.44. The third-order valence-corrected chi connectivity index (χ3v) is 6.05. The van der Waals surface area contributed by atoms with Gasteiger partial charge in [0.2, 0.25) is 0 Å². The molecule has 0 bridgehead atoms. The molecule has 3 heterocycles. The standard InChI is InChI=1S/C25H23N5OS/c1-4-11-29(16-19-9-7-18(14-26)8-10-19)25(31)20-13-22(23-6-5-12-32-23)28-24-21(20)15-27-30(24)17(2)3/h4-10,12-13,15,17H,1,11,16H2,2-3H3. The lowest BCUT2D eigenvalue weighted by molar-refractivity contribution is 0.0764. The Morgan fingerprint density at radius 3 is 2.72 bits per heavy atom. The molecule has 4 aromatic rings. The molecular formula is C25H23N5OS. The van der Waals surface area contributed by atoms with Crippen molar-refractivity contribution in [1.29, 1.82) is 5.26 Å². The van der Waals surface area contributed by atoms with E-state index in [0.717, 1.165) is 21.5 Å². The second kappa shape index (κ2) is 9.16. The average molecular weight is 442 g/mol. The van der Waals surface area contributed by atoms with Gasteiger partial charge in [0, 0.05) is 19.1 Å². The van der Waals surface area contributed by atoms with Gasteiger partial charge in [0.15, 0.2) is 5.65 Å². The molecule has 1 aromatic carbocycles. The number of amides is 1. The van der Waals surface area contributed by atoms with E-state index in [2.05, 4.69) is 17.7 Å². The normalized spacial score (nSPS) is 10.9. The summed E-state index contributed by atoms with van der Waals surface area (Å²) in [5.74, 6) is -0.109. The number of fused-ring (bicyclic) bond motifs is 1. The minimum Gasteiger partial charge on any atom is -0.331 e. The molecule has 7 heteroatoms. The third-order valence-electron chi connectivity index (χ3n) is 5.15. The number of carbonyl (C=O) groups excluding carboxylic acids is 1. The quantitative estimate of drug-likeness (QED) is 0.358. The highest BCUT2D eigenvalue weighted by atomic mass is 32.1. The van der Waals surface area contributed by atoms with Gasteiger partial charge in [0.25, 0.3) is 5.91 Å². The highest BCUT2D eigenvalue weighted by Crippen LogP contribution is 2.30. The van der Waals surface area contributed by atoms with Crippen LogP contribution in [-0.4, -0.2) is 32.1 Å². The Bertz CT molecular complexity index is 1300. The number of rotatable bonds is 7. The molecule has 160 valence electrons. The Kier molecular flexibility index (Phi) is 6.15. The van der Waals surface area contributed by atoms with Crippen molar-refractivity contribution in [2.45, 2.75) is 26.4 Å². The fourth-order valence-electron chi connectivity index (χ4n) is 3.57. The van der Waals surface area contributed by atoms with E-state index in [1.807, 2.05) is 54.2 Å². The van der Waals surface area contributed by atoms with Crippen LogP contribution in [0, 0.1) is 11.3 Å². The molecule has 1 amide bonds. The van der Waals surface area contributed by atoms with Gasteiger partial charge in [-0.3, -0.25) is 4.79 Å². The number of thiophene rings is 1. The zero-order chi connectivity index (χ0) is 22.7. The molecule has 32 heavy (non-hydrogen) atoms. The molecule has 6 nitrogen and oxygen atoms in total. The maximum absolute atomic E-state index is 13.7. The lowest BCUT2D eigenvalue weighted by atomic mass is 10.1. The van der Waals surface area contributed by atoms with Crippen LogP contribution in [0.5, 0.6) is 0 Å².